The highest BCUT2D eigenvalue weighted by Gasteiger charge is 2.15. The van der Waals surface area contributed by atoms with Gasteiger partial charge in [0.2, 0.25) is 0 Å². The normalized spacial score (nSPS) is 11.2. The molecule has 2 heterocycles. The summed E-state index contributed by atoms with van der Waals surface area (Å²) >= 11 is 0. The van der Waals surface area contributed by atoms with Crippen molar-refractivity contribution >= 4 is 16.9 Å². The van der Waals surface area contributed by atoms with Crippen molar-refractivity contribution in [3.05, 3.63) is 53.5 Å². The van der Waals surface area contributed by atoms with Crippen LogP contribution in [0.1, 0.15) is 36.7 Å². The van der Waals surface area contributed by atoms with E-state index < -0.39 is 0 Å². The predicted molar refractivity (Wildman–Crippen MR) is 90.8 cm³/mol. The van der Waals surface area contributed by atoms with Crippen LogP contribution in [-0.2, 0) is 13.0 Å². The van der Waals surface area contributed by atoms with Crippen LogP contribution in [0.25, 0.3) is 11.2 Å². The van der Waals surface area contributed by atoms with Gasteiger partial charge in [-0.15, -0.1) is 0 Å². The fourth-order valence-electron chi connectivity index (χ4n) is 2.69. The predicted octanol–water partition coefficient (Wildman–Crippen LogP) is 3.71. The van der Waals surface area contributed by atoms with Gasteiger partial charge in [0.05, 0.1) is 18.4 Å². The SMILES string of the molecule is CCCCc1nc2c(C)c(N)cnc2n1Cc1ccccc1. The summed E-state index contributed by atoms with van der Waals surface area (Å²) in [4.78, 5) is 9.37. The molecule has 2 N–H and O–H groups in total. The van der Waals surface area contributed by atoms with Gasteiger partial charge in [-0.3, -0.25) is 0 Å². The summed E-state index contributed by atoms with van der Waals surface area (Å²) in [6.45, 7) is 5.02. The van der Waals surface area contributed by atoms with Crippen LogP contribution >= 0.6 is 0 Å². The van der Waals surface area contributed by atoms with E-state index in [0.717, 1.165) is 48.4 Å². The molecular formula is C18H22N4. The summed E-state index contributed by atoms with van der Waals surface area (Å²) in [6, 6.07) is 10.4. The standard InChI is InChI=1S/C18H22N4/c1-3-4-10-16-21-17-13(2)15(19)11-20-18(17)22(16)12-14-8-6-5-7-9-14/h5-9,11H,3-4,10,12,19H2,1-2H3. The smallest absolute Gasteiger partial charge is 0.160 e. The van der Waals surface area contributed by atoms with Crippen molar-refractivity contribution in [3.63, 3.8) is 0 Å². The number of anilines is 1. The third-order valence-corrected chi connectivity index (χ3v) is 4.07. The summed E-state index contributed by atoms with van der Waals surface area (Å²) in [5.41, 5.74) is 10.8. The Hall–Kier alpha value is -2.36. The molecule has 0 saturated carbocycles. The van der Waals surface area contributed by atoms with Gasteiger partial charge in [-0.2, -0.15) is 0 Å². The van der Waals surface area contributed by atoms with E-state index in [1.165, 1.54) is 5.56 Å². The topological polar surface area (TPSA) is 56.7 Å². The van der Waals surface area contributed by atoms with Crippen LogP contribution in [0.3, 0.4) is 0 Å². The molecule has 0 aliphatic heterocycles. The van der Waals surface area contributed by atoms with E-state index >= 15 is 0 Å². The zero-order valence-electron chi connectivity index (χ0n) is 13.2. The largest absolute Gasteiger partial charge is 0.397 e. The molecule has 1 aromatic carbocycles. The minimum atomic E-state index is 0.707. The number of hydrogen-bond donors (Lipinski definition) is 1. The number of aryl methyl sites for hydroxylation is 2. The molecule has 0 amide bonds. The Labute approximate surface area is 131 Å². The van der Waals surface area contributed by atoms with Crippen molar-refractivity contribution in [2.75, 3.05) is 5.73 Å². The number of imidazole rings is 1. The number of fused-ring (bicyclic) bond motifs is 1. The molecule has 0 aliphatic carbocycles. The van der Waals surface area contributed by atoms with Crippen molar-refractivity contribution in [2.24, 2.45) is 0 Å². The van der Waals surface area contributed by atoms with E-state index in [1.807, 2.05) is 13.0 Å². The minimum absolute atomic E-state index is 0.707. The molecule has 3 rings (SSSR count). The van der Waals surface area contributed by atoms with Gasteiger partial charge in [-0.25, -0.2) is 9.97 Å². The van der Waals surface area contributed by atoms with Crippen molar-refractivity contribution in [1.82, 2.24) is 14.5 Å². The first-order valence-corrected chi connectivity index (χ1v) is 7.84. The molecule has 4 heteroatoms. The maximum atomic E-state index is 5.99. The van der Waals surface area contributed by atoms with Crippen molar-refractivity contribution in [1.29, 1.82) is 0 Å². The monoisotopic (exact) mass is 294 g/mol. The molecule has 114 valence electrons. The minimum Gasteiger partial charge on any atom is -0.397 e. The van der Waals surface area contributed by atoms with E-state index in [9.17, 15) is 0 Å². The molecule has 3 aromatic rings. The molecule has 4 nitrogen and oxygen atoms in total. The molecule has 0 bridgehead atoms. The third kappa shape index (κ3) is 2.69. The number of hydrogen-bond acceptors (Lipinski definition) is 3. The third-order valence-electron chi connectivity index (χ3n) is 4.07. The molecule has 22 heavy (non-hydrogen) atoms. The summed E-state index contributed by atoms with van der Waals surface area (Å²) in [5.74, 6) is 1.10. The molecular weight excluding hydrogens is 272 g/mol. The lowest BCUT2D eigenvalue weighted by molar-refractivity contribution is 0.686. The number of pyridine rings is 1. The fraction of sp³-hybridized carbons (Fsp3) is 0.333. The second-order valence-electron chi connectivity index (χ2n) is 5.71. The number of unbranched alkanes of at least 4 members (excludes halogenated alkanes) is 1. The van der Waals surface area contributed by atoms with E-state index in [1.54, 1.807) is 6.20 Å². The van der Waals surface area contributed by atoms with Crippen LogP contribution in [0.5, 0.6) is 0 Å². The summed E-state index contributed by atoms with van der Waals surface area (Å²) in [7, 11) is 0. The van der Waals surface area contributed by atoms with Gasteiger partial charge in [0, 0.05) is 12.0 Å². The Bertz CT molecular complexity index is 775. The maximum Gasteiger partial charge on any atom is 0.160 e. The van der Waals surface area contributed by atoms with E-state index in [2.05, 4.69) is 40.7 Å². The Morgan fingerprint density at radius 1 is 1.18 bits per heavy atom. The highest BCUT2D eigenvalue weighted by molar-refractivity contribution is 5.80. The zero-order valence-corrected chi connectivity index (χ0v) is 13.2. The van der Waals surface area contributed by atoms with Gasteiger partial charge in [0.25, 0.3) is 0 Å². The van der Waals surface area contributed by atoms with Crippen LogP contribution in [0.15, 0.2) is 36.5 Å². The highest BCUT2D eigenvalue weighted by atomic mass is 15.1. The summed E-state index contributed by atoms with van der Waals surface area (Å²) in [5, 5.41) is 0. The van der Waals surface area contributed by atoms with Gasteiger partial charge in [-0.1, -0.05) is 43.7 Å². The van der Waals surface area contributed by atoms with Crippen molar-refractivity contribution in [2.45, 2.75) is 39.7 Å². The summed E-state index contributed by atoms with van der Waals surface area (Å²) in [6.07, 6.45) is 5.00. The Balaban J connectivity index is 2.10. The highest BCUT2D eigenvalue weighted by Crippen LogP contribution is 2.23. The molecule has 0 saturated heterocycles. The molecule has 0 spiro atoms. The Morgan fingerprint density at radius 3 is 2.68 bits per heavy atom. The molecule has 0 aliphatic rings. The molecule has 2 aromatic heterocycles. The molecule has 0 radical (unpaired) electrons. The van der Waals surface area contributed by atoms with Gasteiger partial charge < -0.3 is 10.3 Å². The van der Waals surface area contributed by atoms with Crippen LogP contribution < -0.4 is 5.73 Å². The first-order chi connectivity index (χ1) is 10.7. The number of rotatable bonds is 5. The average Bonchev–Trinajstić information content (AvgIpc) is 2.88. The number of nitrogen functional groups attached to an aromatic ring is 1. The zero-order chi connectivity index (χ0) is 15.5. The summed E-state index contributed by atoms with van der Waals surface area (Å²) < 4.78 is 2.23. The number of aromatic nitrogens is 3. The number of nitrogens with zero attached hydrogens (tertiary/aromatic N) is 3. The second-order valence-corrected chi connectivity index (χ2v) is 5.71. The number of nitrogens with two attached hydrogens (primary N) is 1. The van der Waals surface area contributed by atoms with Crippen LogP contribution in [-0.4, -0.2) is 14.5 Å². The quantitative estimate of drug-likeness (QED) is 0.780. The molecule has 0 unspecified atom stereocenters. The van der Waals surface area contributed by atoms with Crippen molar-refractivity contribution in [3.8, 4) is 0 Å². The van der Waals surface area contributed by atoms with Gasteiger partial charge >= 0.3 is 0 Å². The van der Waals surface area contributed by atoms with Crippen LogP contribution in [0.2, 0.25) is 0 Å². The lowest BCUT2D eigenvalue weighted by Gasteiger charge is -2.09. The van der Waals surface area contributed by atoms with Crippen LogP contribution in [0.4, 0.5) is 5.69 Å². The fourth-order valence-corrected chi connectivity index (χ4v) is 2.69. The van der Waals surface area contributed by atoms with E-state index in [-0.39, 0.29) is 0 Å². The maximum absolute atomic E-state index is 5.99. The number of benzene rings is 1. The molecule has 0 atom stereocenters. The van der Waals surface area contributed by atoms with Gasteiger partial charge in [-0.05, 0) is 18.9 Å². The van der Waals surface area contributed by atoms with E-state index in [4.69, 9.17) is 10.7 Å². The second kappa shape index (κ2) is 6.18. The first kappa shape index (κ1) is 14.6. The molecule has 0 fully saturated rings. The van der Waals surface area contributed by atoms with Gasteiger partial charge in [0.15, 0.2) is 5.65 Å². The first-order valence-electron chi connectivity index (χ1n) is 7.84. The Morgan fingerprint density at radius 2 is 1.95 bits per heavy atom. The lowest BCUT2D eigenvalue weighted by atomic mass is 10.2. The Kier molecular flexibility index (Phi) is 4.09. The van der Waals surface area contributed by atoms with Gasteiger partial charge in [0.1, 0.15) is 11.3 Å². The average molecular weight is 294 g/mol. The lowest BCUT2D eigenvalue weighted by Crippen LogP contribution is -2.06. The van der Waals surface area contributed by atoms with E-state index in [0.29, 0.717) is 5.69 Å². The van der Waals surface area contributed by atoms with Crippen LogP contribution in [0, 0.1) is 6.92 Å². The van der Waals surface area contributed by atoms with Crippen molar-refractivity contribution < 1.29 is 0 Å².